The number of ether oxygens (including phenoxy) is 1. The average Bonchev–Trinajstić information content (AvgIpc) is 3.28. The first kappa shape index (κ1) is 22.7. The van der Waals surface area contributed by atoms with Crippen LogP contribution in [0.3, 0.4) is 0 Å². The molecular formula is C25H21Cl2N3O4. The van der Waals surface area contributed by atoms with E-state index in [4.69, 9.17) is 27.9 Å². The van der Waals surface area contributed by atoms with Crippen molar-refractivity contribution in [2.24, 2.45) is 0 Å². The quantitative estimate of drug-likeness (QED) is 0.375. The van der Waals surface area contributed by atoms with Gasteiger partial charge in [-0.1, -0.05) is 65.7 Å². The van der Waals surface area contributed by atoms with Crippen LogP contribution in [0.4, 0.5) is 5.69 Å². The molecule has 2 heterocycles. The SMILES string of the molecule is C[C@@H]1N[C@]2(C(=O)Nc3ccccc32)[C@H]([N+](=O)[O-])[C@H]1c1ccc(OCc2ccccc2Cl)c(Cl)c1. The number of anilines is 1. The summed E-state index contributed by atoms with van der Waals surface area (Å²) >= 11 is 12.7. The molecule has 0 saturated carbocycles. The monoisotopic (exact) mass is 497 g/mol. The number of hydrogen-bond donors (Lipinski definition) is 2. The highest BCUT2D eigenvalue weighted by atomic mass is 35.5. The van der Waals surface area contributed by atoms with Gasteiger partial charge >= 0.3 is 0 Å². The predicted octanol–water partition coefficient (Wildman–Crippen LogP) is 5.14. The van der Waals surface area contributed by atoms with E-state index in [1.54, 1.807) is 48.5 Å². The van der Waals surface area contributed by atoms with Crippen LogP contribution in [0.5, 0.6) is 5.75 Å². The Morgan fingerprint density at radius 1 is 1.06 bits per heavy atom. The van der Waals surface area contributed by atoms with Gasteiger partial charge in [-0.05, 0) is 36.8 Å². The molecule has 0 aromatic heterocycles. The Bertz CT molecular complexity index is 1300. The third-order valence-electron chi connectivity index (χ3n) is 6.65. The maximum absolute atomic E-state index is 13.1. The number of para-hydroxylation sites is 1. The van der Waals surface area contributed by atoms with E-state index in [2.05, 4.69) is 10.6 Å². The zero-order valence-electron chi connectivity index (χ0n) is 18.1. The molecule has 2 N–H and O–H groups in total. The first-order chi connectivity index (χ1) is 16.3. The number of hydrogen-bond acceptors (Lipinski definition) is 5. The van der Waals surface area contributed by atoms with E-state index in [1.807, 2.05) is 25.1 Å². The van der Waals surface area contributed by atoms with Crippen molar-refractivity contribution in [1.29, 1.82) is 0 Å². The van der Waals surface area contributed by atoms with Gasteiger partial charge in [-0.3, -0.25) is 20.2 Å². The lowest BCUT2D eigenvalue weighted by Crippen LogP contribution is -2.54. The number of nitrogens with zero attached hydrogens (tertiary/aromatic N) is 1. The summed E-state index contributed by atoms with van der Waals surface area (Å²) in [6.07, 6.45) is 0. The number of carbonyl (C=O) groups excluding carboxylic acids is 1. The molecule has 174 valence electrons. The minimum Gasteiger partial charge on any atom is -0.487 e. The number of carbonyl (C=O) groups is 1. The molecule has 0 unspecified atom stereocenters. The maximum Gasteiger partial charge on any atom is 0.256 e. The lowest BCUT2D eigenvalue weighted by Gasteiger charge is -2.25. The summed E-state index contributed by atoms with van der Waals surface area (Å²) in [5, 5.41) is 19.4. The largest absolute Gasteiger partial charge is 0.487 e. The zero-order valence-corrected chi connectivity index (χ0v) is 19.6. The lowest BCUT2D eigenvalue weighted by atomic mass is 9.78. The zero-order chi connectivity index (χ0) is 24.0. The van der Waals surface area contributed by atoms with E-state index in [-0.39, 0.29) is 17.6 Å². The third-order valence-corrected chi connectivity index (χ3v) is 7.31. The number of nitrogens with one attached hydrogen (secondary N) is 2. The van der Waals surface area contributed by atoms with Crippen molar-refractivity contribution in [2.75, 3.05) is 5.32 Å². The highest BCUT2D eigenvalue weighted by Crippen LogP contribution is 2.50. The van der Waals surface area contributed by atoms with Crippen molar-refractivity contribution in [3.63, 3.8) is 0 Å². The van der Waals surface area contributed by atoms with Crippen molar-refractivity contribution in [3.05, 3.63) is 104 Å². The van der Waals surface area contributed by atoms with Crippen molar-refractivity contribution < 1.29 is 14.5 Å². The second kappa shape index (κ2) is 8.58. The van der Waals surface area contributed by atoms with Gasteiger partial charge in [0.25, 0.3) is 11.9 Å². The Labute approximate surface area is 206 Å². The van der Waals surface area contributed by atoms with Gasteiger partial charge in [0.1, 0.15) is 12.4 Å². The van der Waals surface area contributed by atoms with Gasteiger partial charge in [0.05, 0.1) is 10.9 Å². The molecule has 3 aromatic rings. The van der Waals surface area contributed by atoms with Gasteiger partial charge in [0.15, 0.2) is 5.54 Å². The molecule has 5 rings (SSSR count). The fraction of sp³-hybridized carbons (Fsp3) is 0.240. The maximum atomic E-state index is 13.1. The number of nitro groups is 1. The van der Waals surface area contributed by atoms with Gasteiger partial charge in [0, 0.05) is 32.8 Å². The Balaban J connectivity index is 1.48. The Kier molecular flexibility index (Phi) is 5.72. The number of halogens is 2. The lowest BCUT2D eigenvalue weighted by molar-refractivity contribution is -0.532. The standard InChI is InChI=1S/C25H21Cl2N3O4/c1-14-22(15-10-11-21(19(27)12-15)34-13-16-6-2-4-8-18(16)26)23(30(32)33)25(29-14)17-7-3-5-9-20(17)28-24(25)31/h2-12,14,22-23,29H,13H2,1H3,(H,28,31)/t14-,22+,23+,25-/m0/s1. The van der Waals surface area contributed by atoms with Crippen LogP contribution in [0.2, 0.25) is 10.0 Å². The molecule has 0 radical (unpaired) electrons. The van der Waals surface area contributed by atoms with E-state index in [1.165, 1.54) is 0 Å². The van der Waals surface area contributed by atoms with Gasteiger partial charge in [-0.15, -0.1) is 0 Å². The van der Waals surface area contributed by atoms with E-state index < -0.39 is 23.4 Å². The van der Waals surface area contributed by atoms with Gasteiger partial charge < -0.3 is 10.1 Å². The van der Waals surface area contributed by atoms with Crippen molar-refractivity contribution in [1.82, 2.24) is 5.32 Å². The molecule has 1 spiro atoms. The number of benzene rings is 3. The van der Waals surface area contributed by atoms with Gasteiger partial charge in [0.2, 0.25) is 0 Å². The summed E-state index contributed by atoms with van der Waals surface area (Å²) < 4.78 is 5.85. The van der Waals surface area contributed by atoms with Crippen LogP contribution in [0.15, 0.2) is 66.7 Å². The summed E-state index contributed by atoms with van der Waals surface area (Å²) in [4.78, 5) is 25.2. The molecule has 34 heavy (non-hydrogen) atoms. The number of fused-ring (bicyclic) bond motifs is 2. The molecular weight excluding hydrogens is 477 g/mol. The molecule has 0 bridgehead atoms. The molecule has 1 amide bonds. The molecule has 2 aliphatic rings. The molecule has 1 fully saturated rings. The molecule has 7 nitrogen and oxygen atoms in total. The molecule has 4 atom stereocenters. The highest BCUT2D eigenvalue weighted by Gasteiger charge is 2.67. The van der Waals surface area contributed by atoms with E-state index in [9.17, 15) is 14.9 Å². The first-order valence-electron chi connectivity index (χ1n) is 10.8. The third kappa shape index (κ3) is 3.52. The van der Waals surface area contributed by atoms with Crippen molar-refractivity contribution >= 4 is 34.8 Å². The molecule has 3 aromatic carbocycles. The Hall–Kier alpha value is -3.13. The van der Waals surface area contributed by atoms with Crippen LogP contribution in [-0.2, 0) is 16.9 Å². The first-order valence-corrected chi connectivity index (χ1v) is 11.6. The molecule has 0 aliphatic carbocycles. The Morgan fingerprint density at radius 3 is 2.53 bits per heavy atom. The van der Waals surface area contributed by atoms with Crippen LogP contribution in [-0.4, -0.2) is 22.9 Å². The summed E-state index contributed by atoms with van der Waals surface area (Å²) in [7, 11) is 0. The van der Waals surface area contributed by atoms with Crippen molar-refractivity contribution in [3.8, 4) is 5.75 Å². The van der Waals surface area contributed by atoms with E-state index >= 15 is 0 Å². The minimum absolute atomic E-state index is 0.234. The molecule has 1 saturated heterocycles. The smallest absolute Gasteiger partial charge is 0.256 e. The second-order valence-corrected chi connectivity index (χ2v) is 9.38. The summed E-state index contributed by atoms with van der Waals surface area (Å²) in [5.41, 5.74) is 1.18. The van der Waals surface area contributed by atoms with Crippen LogP contribution in [0.1, 0.15) is 29.5 Å². The molecule has 9 heteroatoms. The summed E-state index contributed by atoms with van der Waals surface area (Å²) in [6, 6.07) is 18.0. The number of rotatable bonds is 5. The van der Waals surface area contributed by atoms with Crippen LogP contribution < -0.4 is 15.4 Å². The average molecular weight is 498 g/mol. The second-order valence-electron chi connectivity index (χ2n) is 8.57. The topological polar surface area (TPSA) is 93.5 Å². The minimum atomic E-state index is -1.46. The van der Waals surface area contributed by atoms with E-state index in [0.717, 1.165) is 5.56 Å². The number of amides is 1. The summed E-state index contributed by atoms with van der Waals surface area (Å²) in [6.45, 7) is 2.08. The fourth-order valence-corrected chi connectivity index (χ4v) is 5.60. The van der Waals surface area contributed by atoms with Crippen LogP contribution >= 0.6 is 23.2 Å². The highest BCUT2D eigenvalue weighted by molar-refractivity contribution is 6.32. The molecule has 2 aliphatic heterocycles. The Morgan fingerprint density at radius 2 is 1.79 bits per heavy atom. The van der Waals surface area contributed by atoms with Crippen LogP contribution in [0, 0.1) is 10.1 Å². The fourth-order valence-electron chi connectivity index (χ4n) is 5.17. The van der Waals surface area contributed by atoms with Crippen molar-refractivity contribution in [2.45, 2.75) is 37.1 Å². The predicted molar refractivity (Wildman–Crippen MR) is 130 cm³/mol. The summed E-state index contributed by atoms with van der Waals surface area (Å²) in [5.74, 6) is -0.571. The van der Waals surface area contributed by atoms with Gasteiger partial charge in [-0.25, -0.2) is 0 Å². The van der Waals surface area contributed by atoms with Crippen LogP contribution in [0.25, 0.3) is 0 Å². The van der Waals surface area contributed by atoms with Gasteiger partial charge in [-0.2, -0.15) is 0 Å². The van der Waals surface area contributed by atoms with E-state index in [0.29, 0.717) is 32.6 Å². The normalized spacial score (nSPS) is 25.3.